The highest BCUT2D eigenvalue weighted by Crippen LogP contribution is 2.24. The van der Waals surface area contributed by atoms with Gasteiger partial charge in [0.15, 0.2) is 0 Å². The van der Waals surface area contributed by atoms with Crippen molar-refractivity contribution in [1.29, 1.82) is 5.26 Å². The van der Waals surface area contributed by atoms with Crippen LogP contribution in [0.3, 0.4) is 0 Å². The van der Waals surface area contributed by atoms with Gasteiger partial charge in [0.2, 0.25) is 11.1 Å². The molecule has 4 N–H and O–H groups in total. The second-order valence-corrected chi connectivity index (χ2v) is 18.5. The Morgan fingerprint density at radius 3 is 1.53 bits per heavy atom. The Bertz CT molecular complexity index is 3900. The standard InChI is InChI=1S/2C18H14ClN5.C11H9Cl2N3.C7H6N2.C3H3NO/c1-12-10-17(21-15-8-6-14(19)7-9-15)22-18(20-12)24-11-13-4-2-3-5-16(13)23-24;1-12-10-17(22-15-8-6-14(19)7-9-15)23-18(21-12)24-16-5-3-2-4-13(16)11-20-24;1-7-6-10(16-11(13)14-7)15-9-4-2-8(12)3-5-9;1-2-4-7-6(3-1)5-8-9-7;1-3(5)2-4/h2-11H,1H3,(H,20,21,22);2-11H,1H3,(H,21,22,23);2-6H,1H3,(H,14,15,16);1-5H,(H,8,9);1H3. The maximum absolute atomic E-state index is 9.45. The van der Waals surface area contributed by atoms with Crippen LogP contribution < -0.4 is 16.0 Å². The minimum absolute atomic E-state index is 0.233. The van der Waals surface area contributed by atoms with Crippen LogP contribution in [0.4, 0.5) is 34.5 Å². The molecule has 0 unspecified atom stereocenters. The minimum atomic E-state index is -0.440. The van der Waals surface area contributed by atoms with Crippen LogP contribution in [0.1, 0.15) is 24.0 Å². The highest BCUT2D eigenvalue weighted by Gasteiger charge is 2.11. The van der Waals surface area contributed by atoms with Gasteiger partial charge in [0.1, 0.15) is 23.5 Å². The van der Waals surface area contributed by atoms with Crippen LogP contribution in [0, 0.1) is 32.1 Å². The van der Waals surface area contributed by atoms with Crippen LogP contribution in [-0.2, 0) is 4.79 Å². The summed E-state index contributed by atoms with van der Waals surface area (Å²) in [5, 5.41) is 38.5. The van der Waals surface area contributed by atoms with E-state index in [0.717, 1.165) is 66.9 Å². The fourth-order valence-electron chi connectivity index (χ4n) is 7.15. The summed E-state index contributed by atoms with van der Waals surface area (Å²) < 4.78 is 3.44. The van der Waals surface area contributed by atoms with Crippen molar-refractivity contribution in [1.82, 2.24) is 59.7 Å². The molecule has 6 heterocycles. The van der Waals surface area contributed by atoms with Gasteiger partial charge in [0, 0.05) is 96.7 Å². The van der Waals surface area contributed by atoms with Gasteiger partial charge < -0.3 is 16.0 Å². The van der Waals surface area contributed by atoms with Crippen LogP contribution in [0.25, 0.3) is 44.6 Å². The van der Waals surface area contributed by atoms with E-state index in [4.69, 9.17) is 51.7 Å². The van der Waals surface area contributed by atoms with E-state index in [2.05, 4.69) is 66.2 Å². The van der Waals surface area contributed by atoms with Gasteiger partial charge >= 0.3 is 0 Å². The van der Waals surface area contributed by atoms with Gasteiger partial charge in [-0.1, -0.05) is 89.4 Å². The zero-order valence-corrected chi connectivity index (χ0v) is 45.1. The van der Waals surface area contributed by atoms with Crippen molar-refractivity contribution in [3.63, 3.8) is 0 Å². The molecule has 12 aromatic rings. The zero-order valence-electron chi connectivity index (χ0n) is 42.1. The number of hydrogen-bond donors (Lipinski definition) is 4. The minimum Gasteiger partial charge on any atom is -0.340 e. The number of para-hydroxylation sites is 2. The molecule has 78 heavy (non-hydrogen) atoms. The van der Waals surface area contributed by atoms with E-state index in [9.17, 15) is 4.79 Å². The van der Waals surface area contributed by atoms with Crippen LogP contribution >= 0.6 is 46.4 Å². The van der Waals surface area contributed by atoms with Gasteiger partial charge in [-0.3, -0.25) is 9.89 Å². The summed E-state index contributed by atoms with van der Waals surface area (Å²) in [4.78, 5) is 35.6. The molecule has 0 fully saturated rings. The van der Waals surface area contributed by atoms with E-state index in [1.165, 1.54) is 13.0 Å². The average Bonchev–Trinajstić information content (AvgIpc) is 4.23. The number of ketones is 1. The van der Waals surface area contributed by atoms with Crippen LogP contribution in [0.2, 0.25) is 20.4 Å². The number of H-pyrrole nitrogens is 1. The van der Waals surface area contributed by atoms with Gasteiger partial charge in [-0.15, -0.1) is 0 Å². The summed E-state index contributed by atoms with van der Waals surface area (Å²) in [5.41, 5.74) is 8.23. The lowest BCUT2D eigenvalue weighted by Crippen LogP contribution is -2.06. The second kappa shape index (κ2) is 26.4. The largest absolute Gasteiger partial charge is 0.340 e. The van der Waals surface area contributed by atoms with Gasteiger partial charge in [0.05, 0.1) is 28.9 Å². The highest BCUT2D eigenvalue weighted by atomic mass is 35.5. The Morgan fingerprint density at radius 1 is 0.538 bits per heavy atom. The van der Waals surface area contributed by atoms with Crippen LogP contribution in [-0.4, -0.2) is 65.4 Å². The highest BCUT2D eigenvalue weighted by molar-refractivity contribution is 6.31. The smallest absolute Gasteiger partial charge is 0.253 e. The van der Waals surface area contributed by atoms with E-state index in [1.54, 1.807) is 21.5 Å². The molecule has 0 radical (unpaired) electrons. The number of benzene rings is 6. The van der Waals surface area contributed by atoms with Gasteiger partial charge in [0.25, 0.3) is 11.9 Å². The molecule has 21 heteroatoms. The third-order valence-corrected chi connectivity index (χ3v) is 11.6. The van der Waals surface area contributed by atoms with Gasteiger partial charge in [-0.05, 0) is 123 Å². The monoisotopic (exact) mass is 1110 g/mol. The van der Waals surface area contributed by atoms with E-state index in [1.807, 2.05) is 191 Å². The van der Waals surface area contributed by atoms with Crippen molar-refractivity contribution in [2.24, 2.45) is 0 Å². The third-order valence-electron chi connectivity index (χ3n) is 10.7. The molecule has 388 valence electrons. The number of anilines is 6. The number of nitrogens with one attached hydrogen (secondary N) is 4. The first-order valence-corrected chi connectivity index (χ1v) is 25.2. The van der Waals surface area contributed by atoms with E-state index in [-0.39, 0.29) is 5.28 Å². The zero-order chi connectivity index (χ0) is 55.0. The molecule has 12 rings (SSSR count). The number of nitrogens with zero attached hydrogens (tertiary/aromatic N) is 12. The number of rotatable bonds is 8. The Morgan fingerprint density at radius 2 is 1.00 bits per heavy atom. The van der Waals surface area contributed by atoms with Crippen molar-refractivity contribution in [2.75, 3.05) is 16.0 Å². The Labute approximate surface area is 467 Å². The fraction of sp³-hybridized carbons (Fsp3) is 0.0702. The number of fused-ring (bicyclic) bond motifs is 3. The van der Waals surface area contributed by atoms with Gasteiger partial charge in [-0.2, -0.15) is 35.2 Å². The molecule has 6 aromatic carbocycles. The number of halogens is 4. The van der Waals surface area contributed by atoms with E-state index < -0.39 is 5.78 Å². The predicted octanol–water partition coefficient (Wildman–Crippen LogP) is 14.5. The summed E-state index contributed by atoms with van der Waals surface area (Å²) in [7, 11) is 0. The molecule has 0 atom stereocenters. The van der Waals surface area contributed by atoms with Crippen molar-refractivity contribution in [2.45, 2.75) is 27.7 Å². The first-order chi connectivity index (χ1) is 37.7. The number of aryl methyl sites for hydroxylation is 3. The average molecular weight is 1110 g/mol. The van der Waals surface area contributed by atoms with Crippen molar-refractivity contribution in [3.8, 4) is 18.0 Å². The molecular formula is C57H46Cl4N16O. The summed E-state index contributed by atoms with van der Waals surface area (Å²) in [6, 6.07) is 53.2. The third kappa shape index (κ3) is 15.9. The molecule has 6 aromatic heterocycles. The first-order valence-electron chi connectivity index (χ1n) is 23.7. The molecule has 0 aliphatic carbocycles. The Hall–Kier alpha value is -9.31. The quantitative estimate of drug-likeness (QED) is 0.0822. The SMILES string of the molecule is CC(=O)C#N.Cc1cc(Nc2ccc(Cl)cc2)nc(-n2cc3ccccc3n2)n1.Cc1cc(Nc2ccc(Cl)cc2)nc(-n2ncc3ccccc32)n1.Cc1cc(Nc2ccc(Cl)cc2)nc(Cl)n1.c1ccc2[nH]ncc2c1. The lowest BCUT2D eigenvalue weighted by molar-refractivity contribution is -0.112. The molecule has 0 aliphatic heterocycles. The van der Waals surface area contributed by atoms with E-state index in [0.29, 0.717) is 44.4 Å². The number of carbonyl (C=O) groups is 1. The molecule has 0 aliphatic rings. The summed E-state index contributed by atoms with van der Waals surface area (Å²) >= 11 is 23.4. The van der Waals surface area contributed by atoms with Crippen molar-refractivity contribution < 1.29 is 4.79 Å². The summed E-state index contributed by atoms with van der Waals surface area (Å²) in [6.07, 6.45) is 5.55. The second-order valence-electron chi connectivity index (χ2n) is 16.8. The Balaban J connectivity index is 0.000000139. The van der Waals surface area contributed by atoms with Crippen LogP contribution in [0.15, 0.2) is 182 Å². The topological polar surface area (TPSA) is 219 Å². The van der Waals surface area contributed by atoms with Crippen molar-refractivity contribution in [3.05, 3.63) is 220 Å². The normalized spacial score (nSPS) is 10.3. The molecule has 0 spiro atoms. The number of carbonyl (C=O) groups excluding carboxylic acids is 1. The summed E-state index contributed by atoms with van der Waals surface area (Å²) in [6.45, 7) is 6.95. The number of aromatic amines is 1. The lowest BCUT2D eigenvalue weighted by atomic mass is 10.3. The van der Waals surface area contributed by atoms with Crippen molar-refractivity contribution >= 4 is 119 Å². The molecular weight excluding hydrogens is 1070 g/mol. The number of aromatic nitrogens is 12. The number of nitriles is 1. The van der Waals surface area contributed by atoms with Crippen LogP contribution in [0.5, 0.6) is 0 Å². The molecule has 0 saturated carbocycles. The molecule has 17 nitrogen and oxygen atoms in total. The molecule has 0 bridgehead atoms. The molecule has 0 saturated heterocycles. The lowest BCUT2D eigenvalue weighted by Gasteiger charge is -2.09. The van der Waals surface area contributed by atoms with Gasteiger partial charge in [-0.25, -0.2) is 24.6 Å². The first kappa shape index (κ1) is 54.9. The predicted molar refractivity (Wildman–Crippen MR) is 311 cm³/mol. The fourth-order valence-corrected chi connectivity index (χ4v) is 7.75. The van der Waals surface area contributed by atoms with E-state index >= 15 is 0 Å². The number of hydrogen-bond acceptors (Lipinski definition) is 14. The molecule has 0 amide bonds. The summed E-state index contributed by atoms with van der Waals surface area (Å²) in [5.74, 6) is 2.71. The number of Topliss-reactive ketones (excluding diaryl/α,β-unsaturated/α-hetero) is 1. The maximum atomic E-state index is 9.45. The Kier molecular flexibility index (Phi) is 18.6. The maximum Gasteiger partial charge on any atom is 0.253 e.